The fraction of sp³-hybridized carbons (Fsp3) is 0.105. The van der Waals surface area contributed by atoms with Crippen molar-refractivity contribution in [2.24, 2.45) is 0 Å². The van der Waals surface area contributed by atoms with Crippen LogP contribution in [-0.4, -0.2) is 9.97 Å². The average molecular weight is 320 g/mol. The van der Waals surface area contributed by atoms with Crippen LogP contribution in [0.3, 0.4) is 0 Å². The lowest BCUT2D eigenvalue weighted by Gasteiger charge is -2.26. The number of benzene rings is 2. The van der Waals surface area contributed by atoms with E-state index >= 15 is 0 Å². The van der Waals surface area contributed by atoms with Crippen LogP contribution in [0.2, 0.25) is 5.02 Å². The molecule has 3 rings (SSSR count). The molecule has 1 atom stereocenters. The summed E-state index contributed by atoms with van der Waals surface area (Å²) in [4.78, 5) is 8.54. The normalized spacial score (nSPS) is 13.0. The Hall–Kier alpha value is -2.70. The maximum Gasteiger partial charge on any atom is 0.130 e. The van der Waals surface area contributed by atoms with Gasteiger partial charge in [-0.1, -0.05) is 54.1 Å². The predicted molar refractivity (Wildman–Crippen MR) is 90.0 cm³/mol. The minimum Gasteiger partial charge on any atom is -0.261 e. The van der Waals surface area contributed by atoms with E-state index in [0.29, 0.717) is 17.1 Å². The molecular formula is C19H14ClN3. The first-order valence-electron chi connectivity index (χ1n) is 7.22. The molecule has 1 aromatic heterocycles. The highest BCUT2D eigenvalue weighted by Gasteiger charge is 2.36. The molecule has 0 unspecified atom stereocenters. The molecule has 0 amide bonds. The van der Waals surface area contributed by atoms with E-state index in [9.17, 15) is 5.26 Å². The van der Waals surface area contributed by atoms with Gasteiger partial charge in [-0.3, -0.25) is 9.97 Å². The lowest BCUT2D eigenvalue weighted by molar-refractivity contribution is 0.626. The number of halogens is 1. The van der Waals surface area contributed by atoms with Crippen molar-refractivity contribution in [1.29, 1.82) is 5.26 Å². The highest BCUT2D eigenvalue weighted by Crippen LogP contribution is 2.34. The quantitative estimate of drug-likeness (QED) is 0.724. The summed E-state index contributed by atoms with van der Waals surface area (Å²) in [6, 6.07) is 19.7. The summed E-state index contributed by atoms with van der Waals surface area (Å²) < 4.78 is 0. The van der Waals surface area contributed by atoms with Crippen molar-refractivity contribution >= 4 is 11.6 Å². The van der Waals surface area contributed by atoms with E-state index in [-0.39, 0.29) is 0 Å². The maximum atomic E-state index is 10.1. The molecule has 0 bridgehead atoms. The smallest absolute Gasteiger partial charge is 0.130 e. The van der Waals surface area contributed by atoms with E-state index in [1.54, 1.807) is 30.7 Å². The monoisotopic (exact) mass is 319 g/mol. The number of nitriles is 1. The molecule has 0 fully saturated rings. The first-order valence-corrected chi connectivity index (χ1v) is 7.60. The molecule has 0 N–H and O–H groups in total. The summed E-state index contributed by atoms with van der Waals surface area (Å²) in [5.41, 5.74) is 1.65. The van der Waals surface area contributed by atoms with Gasteiger partial charge in [-0.2, -0.15) is 5.26 Å². The molecule has 23 heavy (non-hydrogen) atoms. The van der Waals surface area contributed by atoms with Crippen molar-refractivity contribution in [3.05, 3.63) is 95.0 Å². The number of nitrogens with zero attached hydrogens (tertiary/aromatic N) is 3. The van der Waals surface area contributed by atoms with Gasteiger partial charge >= 0.3 is 0 Å². The second kappa shape index (κ2) is 6.60. The predicted octanol–water partition coefficient (Wildman–Crippen LogP) is 4.18. The molecule has 4 heteroatoms. The van der Waals surface area contributed by atoms with Crippen LogP contribution < -0.4 is 0 Å². The Morgan fingerprint density at radius 3 is 2.35 bits per heavy atom. The standard InChI is InChI=1S/C19H14ClN3/c20-17-8-6-16(7-9-17)19(14-21,18-13-22-10-11-23-18)12-15-4-2-1-3-5-15/h1-11,13H,12H2/t19-/m0/s1. The van der Waals surface area contributed by atoms with Gasteiger partial charge in [0.05, 0.1) is 18.0 Å². The third-order valence-corrected chi connectivity index (χ3v) is 4.09. The van der Waals surface area contributed by atoms with Crippen molar-refractivity contribution < 1.29 is 0 Å². The Labute approximate surface area is 140 Å². The van der Waals surface area contributed by atoms with Crippen LogP contribution in [0.25, 0.3) is 0 Å². The van der Waals surface area contributed by atoms with Crippen LogP contribution in [0.15, 0.2) is 73.2 Å². The Bertz CT molecular complexity index is 811. The zero-order valence-electron chi connectivity index (χ0n) is 12.4. The molecule has 0 spiro atoms. The Kier molecular flexibility index (Phi) is 4.36. The maximum absolute atomic E-state index is 10.1. The molecule has 1 heterocycles. The van der Waals surface area contributed by atoms with Gasteiger partial charge in [0, 0.05) is 23.8 Å². The van der Waals surface area contributed by atoms with Crippen LogP contribution in [0.5, 0.6) is 0 Å². The van der Waals surface area contributed by atoms with Gasteiger partial charge in [-0.05, 0) is 23.3 Å². The minimum absolute atomic E-state index is 0.519. The van der Waals surface area contributed by atoms with Crippen molar-refractivity contribution in [2.75, 3.05) is 0 Å². The fourth-order valence-corrected chi connectivity index (χ4v) is 2.78. The summed E-state index contributed by atoms with van der Waals surface area (Å²) in [5.74, 6) is 0. The average Bonchev–Trinajstić information content (AvgIpc) is 2.62. The number of hydrogen-bond acceptors (Lipinski definition) is 3. The molecule has 0 saturated heterocycles. The number of rotatable bonds is 4. The largest absolute Gasteiger partial charge is 0.261 e. The zero-order chi connectivity index (χ0) is 16.1. The summed E-state index contributed by atoms with van der Waals surface area (Å²) in [6.45, 7) is 0. The van der Waals surface area contributed by atoms with Crippen molar-refractivity contribution in [3.63, 3.8) is 0 Å². The van der Waals surface area contributed by atoms with Crippen molar-refractivity contribution in [1.82, 2.24) is 9.97 Å². The van der Waals surface area contributed by atoms with Crippen LogP contribution >= 0.6 is 11.6 Å². The second-order valence-corrected chi connectivity index (χ2v) is 5.71. The molecule has 2 aromatic carbocycles. The van der Waals surface area contributed by atoms with E-state index in [1.807, 2.05) is 42.5 Å². The van der Waals surface area contributed by atoms with Gasteiger partial charge in [0.25, 0.3) is 0 Å². The number of aromatic nitrogens is 2. The SMILES string of the molecule is N#C[C@@](Cc1ccccc1)(c1ccc(Cl)cc1)c1cnccn1. The molecular weight excluding hydrogens is 306 g/mol. The van der Waals surface area contributed by atoms with E-state index in [0.717, 1.165) is 11.1 Å². The van der Waals surface area contributed by atoms with Gasteiger partial charge < -0.3 is 0 Å². The molecule has 0 aliphatic heterocycles. The second-order valence-electron chi connectivity index (χ2n) is 5.28. The lowest BCUT2D eigenvalue weighted by Crippen LogP contribution is -2.30. The van der Waals surface area contributed by atoms with Crippen LogP contribution in [0.4, 0.5) is 0 Å². The van der Waals surface area contributed by atoms with Gasteiger partial charge in [0.1, 0.15) is 5.41 Å². The molecule has 0 aliphatic carbocycles. The Balaban J connectivity index is 2.16. The van der Waals surface area contributed by atoms with Crippen molar-refractivity contribution in [2.45, 2.75) is 11.8 Å². The van der Waals surface area contributed by atoms with Gasteiger partial charge in [-0.25, -0.2) is 0 Å². The van der Waals surface area contributed by atoms with Crippen LogP contribution in [-0.2, 0) is 11.8 Å². The van der Waals surface area contributed by atoms with Crippen LogP contribution in [0, 0.1) is 11.3 Å². The lowest BCUT2D eigenvalue weighted by atomic mass is 9.74. The van der Waals surface area contributed by atoms with Crippen molar-refractivity contribution in [3.8, 4) is 6.07 Å². The zero-order valence-corrected chi connectivity index (χ0v) is 13.1. The molecule has 0 aliphatic rings. The molecule has 112 valence electrons. The minimum atomic E-state index is -0.903. The topological polar surface area (TPSA) is 49.6 Å². The van der Waals surface area contributed by atoms with Gasteiger partial charge in [0.15, 0.2) is 0 Å². The first kappa shape index (κ1) is 15.2. The van der Waals surface area contributed by atoms with E-state index < -0.39 is 5.41 Å². The fourth-order valence-electron chi connectivity index (χ4n) is 2.66. The summed E-state index contributed by atoms with van der Waals surface area (Å²) in [7, 11) is 0. The number of hydrogen-bond donors (Lipinski definition) is 0. The first-order chi connectivity index (χ1) is 11.2. The third kappa shape index (κ3) is 3.08. The van der Waals surface area contributed by atoms with E-state index in [2.05, 4.69) is 16.0 Å². The van der Waals surface area contributed by atoms with E-state index in [1.165, 1.54) is 0 Å². The van der Waals surface area contributed by atoms with E-state index in [4.69, 9.17) is 11.6 Å². The van der Waals surface area contributed by atoms with Gasteiger partial charge in [-0.15, -0.1) is 0 Å². The summed E-state index contributed by atoms with van der Waals surface area (Å²) in [6.07, 6.45) is 5.39. The van der Waals surface area contributed by atoms with Crippen LogP contribution in [0.1, 0.15) is 16.8 Å². The third-order valence-electron chi connectivity index (χ3n) is 3.84. The Morgan fingerprint density at radius 1 is 1.00 bits per heavy atom. The molecule has 0 radical (unpaired) electrons. The highest BCUT2D eigenvalue weighted by molar-refractivity contribution is 6.30. The molecule has 3 nitrogen and oxygen atoms in total. The Morgan fingerprint density at radius 2 is 1.74 bits per heavy atom. The molecule has 3 aromatic rings. The van der Waals surface area contributed by atoms with Gasteiger partial charge in [0.2, 0.25) is 0 Å². The molecule has 0 saturated carbocycles. The highest BCUT2D eigenvalue weighted by atomic mass is 35.5. The summed E-state index contributed by atoms with van der Waals surface area (Å²) in [5, 5.41) is 10.7. The summed E-state index contributed by atoms with van der Waals surface area (Å²) >= 11 is 6.00.